The molecule has 0 saturated carbocycles. The van der Waals surface area contributed by atoms with Crippen molar-refractivity contribution < 1.29 is 9.21 Å². The molecule has 2 heterocycles. The SMILES string of the molecule is CNC(=O)Cn1cc(NC(C)c2nnc(-c3ccccc3)o2)cn1. The van der Waals surface area contributed by atoms with Crippen molar-refractivity contribution in [1.29, 1.82) is 0 Å². The number of anilines is 1. The van der Waals surface area contributed by atoms with E-state index in [2.05, 4.69) is 25.9 Å². The fourth-order valence-electron chi connectivity index (χ4n) is 2.17. The lowest BCUT2D eigenvalue weighted by atomic mass is 10.2. The summed E-state index contributed by atoms with van der Waals surface area (Å²) in [5.74, 6) is 0.851. The molecule has 1 aromatic carbocycles. The summed E-state index contributed by atoms with van der Waals surface area (Å²) in [4.78, 5) is 11.3. The predicted octanol–water partition coefficient (Wildman–Crippen LogP) is 1.85. The van der Waals surface area contributed by atoms with E-state index in [-0.39, 0.29) is 18.5 Å². The van der Waals surface area contributed by atoms with Crippen LogP contribution in [-0.4, -0.2) is 32.9 Å². The van der Waals surface area contributed by atoms with Crippen LogP contribution in [0.25, 0.3) is 11.5 Å². The van der Waals surface area contributed by atoms with Gasteiger partial charge in [-0.05, 0) is 19.1 Å². The van der Waals surface area contributed by atoms with Gasteiger partial charge in [0.1, 0.15) is 12.6 Å². The first-order valence-corrected chi connectivity index (χ1v) is 7.54. The fourth-order valence-corrected chi connectivity index (χ4v) is 2.17. The normalized spacial score (nSPS) is 11.9. The van der Waals surface area contributed by atoms with Gasteiger partial charge in [-0.1, -0.05) is 18.2 Å². The van der Waals surface area contributed by atoms with Crippen molar-refractivity contribution in [2.75, 3.05) is 12.4 Å². The maximum absolute atomic E-state index is 11.3. The van der Waals surface area contributed by atoms with Crippen molar-refractivity contribution in [2.24, 2.45) is 0 Å². The third kappa shape index (κ3) is 3.60. The molecule has 1 amide bonds. The first-order valence-electron chi connectivity index (χ1n) is 7.54. The Labute approximate surface area is 138 Å². The summed E-state index contributed by atoms with van der Waals surface area (Å²) in [5.41, 5.74) is 1.65. The number of likely N-dealkylation sites (N-methyl/N-ethyl adjacent to an activating group) is 1. The van der Waals surface area contributed by atoms with E-state index in [0.717, 1.165) is 11.3 Å². The Hall–Kier alpha value is -3.16. The molecule has 0 radical (unpaired) electrons. The maximum Gasteiger partial charge on any atom is 0.247 e. The number of aromatic nitrogens is 4. The van der Waals surface area contributed by atoms with Crippen LogP contribution in [0.5, 0.6) is 0 Å². The van der Waals surface area contributed by atoms with Crippen LogP contribution < -0.4 is 10.6 Å². The molecule has 2 N–H and O–H groups in total. The molecule has 0 bridgehead atoms. The predicted molar refractivity (Wildman–Crippen MR) is 88.1 cm³/mol. The first-order chi connectivity index (χ1) is 11.7. The van der Waals surface area contributed by atoms with Crippen molar-refractivity contribution >= 4 is 11.6 Å². The highest BCUT2D eigenvalue weighted by Crippen LogP contribution is 2.22. The van der Waals surface area contributed by atoms with Crippen LogP contribution in [-0.2, 0) is 11.3 Å². The smallest absolute Gasteiger partial charge is 0.247 e. The quantitative estimate of drug-likeness (QED) is 0.717. The van der Waals surface area contributed by atoms with Crippen LogP contribution in [0.3, 0.4) is 0 Å². The summed E-state index contributed by atoms with van der Waals surface area (Å²) in [7, 11) is 1.59. The number of nitrogens with zero attached hydrogens (tertiary/aromatic N) is 4. The van der Waals surface area contributed by atoms with E-state index in [1.807, 2.05) is 37.3 Å². The monoisotopic (exact) mass is 326 g/mol. The van der Waals surface area contributed by atoms with Crippen LogP contribution in [0, 0.1) is 0 Å². The Kier molecular flexibility index (Phi) is 4.55. The van der Waals surface area contributed by atoms with Crippen LogP contribution in [0.1, 0.15) is 18.9 Å². The molecule has 1 unspecified atom stereocenters. The second-order valence-electron chi connectivity index (χ2n) is 5.28. The van der Waals surface area contributed by atoms with Gasteiger partial charge in [-0.25, -0.2) is 0 Å². The Morgan fingerprint density at radius 2 is 2.08 bits per heavy atom. The van der Waals surface area contributed by atoms with Gasteiger partial charge in [0.05, 0.1) is 11.9 Å². The molecule has 124 valence electrons. The van der Waals surface area contributed by atoms with Crippen molar-refractivity contribution in [3.63, 3.8) is 0 Å². The highest BCUT2D eigenvalue weighted by Gasteiger charge is 2.15. The molecule has 8 heteroatoms. The molecule has 8 nitrogen and oxygen atoms in total. The number of hydrogen-bond donors (Lipinski definition) is 2. The highest BCUT2D eigenvalue weighted by molar-refractivity contribution is 5.75. The molecule has 0 aliphatic heterocycles. The molecule has 24 heavy (non-hydrogen) atoms. The Bertz CT molecular complexity index is 811. The van der Waals surface area contributed by atoms with Gasteiger partial charge in [-0.15, -0.1) is 10.2 Å². The van der Waals surface area contributed by atoms with E-state index in [4.69, 9.17) is 4.42 Å². The van der Waals surface area contributed by atoms with Gasteiger partial charge >= 0.3 is 0 Å². The van der Waals surface area contributed by atoms with Crippen molar-refractivity contribution in [3.05, 3.63) is 48.6 Å². The number of carbonyl (C=O) groups is 1. The Balaban J connectivity index is 1.66. The zero-order chi connectivity index (χ0) is 16.9. The topological polar surface area (TPSA) is 97.9 Å². The lowest BCUT2D eigenvalue weighted by molar-refractivity contribution is -0.121. The second-order valence-corrected chi connectivity index (χ2v) is 5.28. The number of amides is 1. The number of benzene rings is 1. The highest BCUT2D eigenvalue weighted by atomic mass is 16.4. The molecule has 2 aromatic heterocycles. The van der Waals surface area contributed by atoms with Crippen molar-refractivity contribution in [3.8, 4) is 11.5 Å². The van der Waals surface area contributed by atoms with Gasteiger partial charge in [0.15, 0.2) is 0 Å². The summed E-state index contributed by atoms with van der Waals surface area (Å²) in [6, 6.07) is 9.41. The molecule has 0 saturated heterocycles. The Morgan fingerprint density at radius 3 is 2.83 bits per heavy atom. The maximum atomic E-state index is 11.3. The molecule has 1 atom stereocenters. The van der Waals surface area contributed by atoms with Gasteiger partial charge in [0.25, 0.3) is 0 Å². The van der Waals surface area contributed by atoms with Gasteiger partial charge in [0.2, 0.25) is 17.7 Å². The summed E-state index contributed by atoms with van der Waals surface area (Å²) in [6.45, 7) is 2.09. The van der Waals surface area contributed by atoms with Crippen molar-refractivity contribution in [1.82, 2.24) is 25.3 Å². The largest absolute Gasteiger partial charge is 0.418 e. The number of nitrogens with one attached hydrogen (secondary N) is 2. The molecular formula is C16H18N6O2. The number of rotatable bonds is 6. The molecule has 0 spiro atoms. The van der Waals surface area contributed by atoms with E-state index < -0.39 is 0 Å². The third-order valence-corrected chi connectivity index (χ3v) is 3.43. The average Bonchev–Trinajstić information content (AvgIpc) is 3.25. The van der Waals surface area contributed by atoms with Crippen LogP contribution in [0.4, 0.5) is 5.69 Å². The van der Waals surface area contributed by atoms with Crippen molar-refractivity contribution in [2.45, 2.75) is 19.5 Å². The van der Waals surface area contributed by atoms with E-state index in [9.17, 15) is 4.79 Å². The van der Waals surface area contributed by atoms with Crippen LogP contribution >= 0.6 is 0 Å². The summed E-state index contributed by atoms with van der Waals surface area (Å²) in [5, 5.41) is 18.1. The standard InChI is InChI=1S/C16H18N6O2/c1-11(19-13-8-18-22(9-13)10-14(23)17-2)15-20-21-16(24-15)12-6-4-3-5-7-12/h3-9,11,19H,10H2,1-2H3,(H,17,23). The van der Waals surface area contributed by atoms with E-state index in [1.54, 1.807) is 24.1 Å². The lowest BCUT2D eigenvalue weighted by Crippen LogP contribution is -2.23. The minimum Gasteiger partial charge on any atom is -0.418 e. The molecule has 3 aromatic rings. The summed E-state index contributed by atoms with van der Waals surface area (Å²) >= 11 is 0. The third-order valence-electron chi connectivity index (χ3n) is 3.43. The zero-order valence-electron chi connectivity index (χ0n) is 13.4. The molecule has 0 aliphatic rings. The number of carbonyl (C=O) groups excluding carboxylic acids is 1. The molecule has 3 rings (SSSR count). The lowest BCUT2D eigenvalue weighted by Gasteiger charge is -2.08. The zero-order valence-corrected chi connectivity index (χ0v) is 13.4. The van der Waals surface area contributed by atoms with E-state index in [0.29, 0.717) is 11.8 Å². The van der Waals surface area contributed by atoms with Crippen LogP contribution in [0.2, 0.25) is 0 Å². The van der Waals surface area contributed by atoms with E-state index in [1.165, 1.54) is 0 Å². The van der Waals surface area contributed by atoms with Gasteiger partial charge in [-0.3, -0.25) is 9.48 Å². The van der Waals surface area contributed by atoms with Gasteiger partial charge in [0, 0.05) is 18.8 Å². The molecule has 0 fully saturated rings. The summed E-state index contributed by atoms with van der Waals surface area (Å²) in [6.07, 6.45) is 3.40. The minimum absolute atomic E-state index is 0.109. The summed E-state index contributed by atoms with van der Waals surface area (Å²) < 4.78 is 7.27. The van der Waals surface area contributed by atoms with E-state index >= 15 is 0 Å². The minimum atomic E-state index is -0.187. The van der Waals surface area contributed by atoms with Gasteiger partial charge in [-0.2, -0.15) is 5.10 Å². The van der Waals surface area contributed by atoms with Crippen LogP contribution in [0.15, 0.2) is 47.1 Å². The first kappa shape index (κ1) is 15.7. The molecule has 0 aliphatic carbocycles. The Morgan fingerprint density at radius 1 is 1.29 bits per heavy atom. The average molecular weight is 326 g/mol. The fraction of sp³-hybridized carbons (Fsp3) is 0.250. The number of hydrogen-bond acceptors (Lipinski definition) is 6. The second kappa shape index (κ2) is 6.95. The molecular weight excluding hydrogens is 308 g/mol. The van der Waals surface area contributed by atoms with Gasteiger partial charge < -0.3 is 15.1 Å².